The summed E-state index contributed by atoms with van der Waals surface area (Å²) >= 11 is 0. The lowest BCUT2D eigenvalue weighted by atomic mass is 9.95. The molecular weight excluding hydrogens is 663 g/mol. The molecule has 0 saturated carbocycles. The molecule has 10 heteroatoms. The second kappa shape index (κ2) is 16.1. The van der Waals surface area contributed by atoms with Crippen LogP contribution in [0.1, 0.15) is 46.3 Å². The molecule has 1 aliphatic rings. The average Bonchev–Trinajstić information content (AvgIpc) is 3.17. The molecule has 1 amide bonds. The first-order valence-corrected chi connectivity index (χ1v) is 18.5. The molecule has 0 unspecified atom stereocenters. The van der Waals surface area contributed by atoms with Crippen LogP contribution < -0.4 is 14.5 Å². The van der Waals surface area contributed by atoms with Gasteiger partial charge in [-0.25, -0.2) is 17.9 Å². The molecule has 2 N–H and O–H groups in total. The summed E-state index contributed by atoms with van der Waals surface area (Å²) in [7, 11) is -2.92. The Kier molecular flexibility index (Phi) is 11.1. The van der Waals surface area contributed by atoms with E-state index in [-0.39, 0.29) is 22.8 Å². The molecule has 0 aromatic heterocycles. The molecule has 0 atom stereocenters. The molecular formula is C41H41N3O6S. The number of carbonyl (C=O) groups excluding carboxylic acids is 2. The highest BCUT2D eigenvalue weighted by Gasteiger charge is 2.24. The van der Waals surface area contributed by atoms with E-state index >= 15 is 0 Å². The number of aromatic hydroxyl groups is 1. The van der Waals surface area contributed by atoms with Crippen LogP contribution in [0, 0.1) is 0 Å². The SMILES string of the molecule is COC(=O)c1cc(N(Cc2ccc(N3CCCCC3)cc2)C(=O)CNS(=O)(=O)c2ccc(-c3ccccc3)c(Cc3ccccc3)c2)ccc1O. The quantitative estimate of drug-likeness (QED) is 0.135. The van der Waals surface area contributed by atoms with Crippen molar-refractivity contribution in [1.82, 2.24) is 4.72 Å². The minimum Gasteiger partial charge on any atom is -0.507 e. The first-order chi connectivity index (χ1) is 24.7. The van der Waals surface area contributed by atoms with E-state index in [4.69, 9.17) is 4.74 Å². The van der Waals surface area contributed by atoms with Gasteiger partial charge in [0, 0.05) is 24.5 Å². The normalized spacial score (nSPS) is 13.1. The molecule has 262 valence electrons. The van der Waals surface area contributed by atoms with Gasteiger partial charge in [0.25, 0.3) is 0 Å². The molecule has 0 radical (unpaired) electrons. The fourth-order valence-electron chi connectivity index (χ4n) is 6.37. The Bertz CT molecular complexity index is 2080. The van der Waals surface area contributed by atoms with Crippen LogP contribution in [0.2, 0.25) is 0 Å². The third kappa shape index (κ3) is 8.65. The fourth-order valence-corrected chi connectivity index (χ4v) is 7.39. The third-order valence-electron chi connectivity index (χ3n) is 9.12. The summed E-state index contributed by atoms with van der Waals surface area (Å²) in [6.07, 6.45) is 4.04. The van der Waals surface area contributed by atoms with Crippen molar-refractivity contribution in [1.29, 1.82) is 0 Å². The van der Waals surface area contributed by atoms with Crippen LogP contribution in [-0.2, 0) is 32.5 Å². The van der Waals surface area contributed by atoms with Crippen molar-refractivity contribution in [3.63, 3.8) is 0 Å². The minimum absolute atomic E-state index is 0.0402. The number of amides is 1. The first-order valence-electron chi connectivity index (χ1n) is 17.0. The number of ether oxygens (including phenoxy) is 1. The molecule has 6 rings (SSSR count). The van der Waals surface area contributed by atoms with Crippen LogP contribution >= 0.6 is 0 Å². The average molecular weight is 704 g/mol. The number of hydrogen-bond donors (Lipinski definition) is 2. The molecule has 1 fully saturated rings. The molecule has 1 saturated heterocycles. The number of piperidine rings is 1. The summed E-state index contributed by atoms with van der Waals surface area (Å²) in [5.74, 6) is -1.61. The standard InChI is InChI=1S/C41H41N3O6S/c1-50-41(47)38-27-35(19-22-39(38)45)44(29-31-15-17-34(18-16-31)43-23-9-4-10-24-43)40(46)28-42-51(48,49)36-20-21-37(32-13-7-3-8-14-32)33(26-36)25-30-11-5-2-6-12-30/h2-3,5-8,11-22,26-27,42,45H,4,9-10,23-25,28-29H2,1H3. The third-order valence-corrected chi connectivity index (χ3v) is 10.5. The summed E-state index contributed by atoms with van der Waals surface area (Å²) in [5.41, 5.74) is 5.85. The molecule has 1 heterocycles. The van der Waals surface area contributed by atoms with E-state index < -0.39 is 28.4 Å². The van der Waals surface area contributed by atoms with Crippen LogP contribution in [0.4, 0.5) is 11.4 Å². The number of benzene rings is 5. The van der Waals surface area contributed by atoms with Gasteiger partial charge in [0.15, 0.2) is 0 Å². The number of phenolic OH excluding ortho intramolecular Hbond substituents is 1. The predicted molar refractivity (Wildman–Crippen MR) is 199 cm³/mol. The van der Waals surface area contributed by atoms with Gasteiger partial charge in [-0.1, -0.05) is 78.9 Å². The Labute approximate surface area is 299 Å². The van der Waals surface area contributed by atoms with Gasteiger partial charge < -0.3 is 19.6 Å². The monoisotopic (exact) mass is 703 g/mol. The van der Waals surface area contributed by atoms with Crippen molar-refractivity contribution in [2.24, 2.45) is 0 Å². The maximum Gasteiger partial charge on any atom is 0.341 e. The summed E-state index contributed by atoms with van der Waals surface area (Å²) in [6.45, 7) is 1.55. The number of rotatable bonds is 12. The topological polar surface area (TPSA) is 116 Å². The van der Waals surface area contributed by atoms with E-state index in [0.717, 1.165) is 59.4 Å². The van der Waals surface area contributed by atoms with Crippen molar-refractivity contribution < 1.29 is 27.9 Å². The van der Waals surface area contributed by atoms with Crippen LogP contribution in [0.3, 0.4) is 0 Å². The number of hydrogen-bond acceptors (Lipinski definition) is 7. The smallest absolute Gasteiger partial charge is 0.341 e. The van der Waals surface area contributed by atoms with Gasteiger partial charge in [-0.15, -0.1) is 0 Å². The van der Waals surface area contributed by atoms with Gasteiger partial charge in [-0.2, -0.15) is 0 Å². The van der Waals surface area contributed by atoms with Gasteiger partial charge in [0.1, 0.15) is 11.3 Å². The summed E-state index contributed by atoms with van der Waals surface area (Å²) < 4.78 is 34.8. The Balaban J connectivity index is 1.26. The largest absolute Gasteiger partial charge is 0.507 e. The number of nitrogens with one attached hydrogen (secondary N) is 1. The number of nitrogens with zero attached hydrogens (tertiary/aromatic N) is 2. The molecule has 1 aliphatic heterocycles. The Morgan fingerprint density at radius 3 is 2.18 bits per heavy atom. The van der Waals surface area contributed by atoms with E-state index in [0.29, 0.717) is 12.1 Å². The van der Waals surface area contributed by atoms with Gasteiger partial charge in [0.2, 0.25) is 15.9 Å². The number of methoxy groups -OCH3 is 1. The molecule has 5 aromatic rings. The van der Waals surface area contributed by atoms with E-state index in [2.05, 4.69) is 9.62 Å². The van der Waals surface area contributed by atoms with Gasteiger partial charge in [-0.3, -0.25) is 4.79 Å². The number of esters is 1. The predicted octanol–water partition coefficient (Wildman–Crippen LogP) is 6.94. The number of carbonyl (C=O) groups is 2. The van der Waals surface area contributed by atoms with Crippen LogP contribution in [0.15, 0.2) is 126 Å². The Hall–Kier alpha value is -5.45. The van der Waals surface area contributed by atoms with Gasteiger partial charge in [0.05, 0.1) is 25.1 Å². The number of phenols is 1. The fraction of sp³-hybridized carbons (Fsp3) is 0.220. The van der Waals surface area contributed by atoms with Crippen molar-refractivity contribution in [2.45, 2.75) is 37.1 Å². The summed E-state index contributed by atoms with van der Waals surface area (Å²) in [6, 6.07) is 36.7. The van der Waals surface area contributed by atoms with Crippen molar-refractivity contribution in [2.75, 3.05) is 36.5 Å². The zero-order valence-corrected chi connectivity index (χ0v) is 29.3. The maximum atomic E-state index is 13.9. The Morgan fingerprint density at radius 1 is 0.804 bits per heavy atom. The van der Waals surface area contributed by atoms with Crippen molar-refractivity contribution >= 4 is 33.3 Å². The molecule has 51 heavy (non-hydrogen) atoms. The van der Waals surface area contributed by atoms with E-state index in [9.17, 15) is 23.1 Å². The molecule has 0 aliphatic carbocycles. The zero-order valence-electron chi connectivity index (χ0n) is 28.5. The van der Waals surface area contributed by atoms with Gasteiger partial charge >= 0.3 is 5.97 Å². The van der Waals surface area contributed by atoms with E-state index in [1.54, 1.807) is 18.2 Å². The zero-order chi connectivity index (χ0) is 35.8. The molecule has 9 nitrogen and oxygen atoms in total. The lowest BCUT2D eigenvalue weighted by Gasteiger charge is -2.29. The van der Waals surface area contributed by atoms with Crippen LogP contribution in [0.5, 0.6) is 5.75 Å². The number of sulfonamides is 1. The molecule has 0 spiro atoms. The van der Waals surface area contributed by atoms with E-state index in [1.807, 2.05) is 84.9 Å². The highest BCUT2D eigenvalue weighted by atomic mass is 32.2. The molecule has 5 aromatic carbocycles. The lowest BCUT2D eigenvalue weighted by Crippen LogP contribution is -2.40. The second-order valence-corrected chi connectivity index (χ2v) is 14.3. The van der Waals surface area contributed by atoms with Crippen molar-refractivity contribution in [3.05, 3.63) is 144 Å². The van der Waals surface area contributed by atoms with Gasteiger partial charge in [-0.05, 0) is 96.0 Å². The van der Waals surface area contributed by atoms with Crippen LogP contribution in [-0.4, -0.2) is 52.1 Å². The van der Waals surface area contributed by atoms with Crippen molar-refractivity contribution in [3.8, 4) is 16.9 Å². The Morgan fingerprint density at radius 2 is 1.49 bits per heavy atom. The minimum atomic E-state index is -4.13. The highest BCUT2D eigenvalue weighted by Crippen LogP contribution is 2.30. The maximum absolute atomic E-state index is 13.9. The highest BCUT2D eigenvalue weighted by molar-refractivity contribution is 7.89. The summed E-state index contributed by atoms with van der Waals surface area (Å²) in [5, 5.41) is 10.3. The molecule has 0 bridgehead atoms. The van der Waals surface area contributed by atoms with E-state index in [1.165, 1.54) is 36.6 Å². The lowest BCUT2D eigenvalue weighted by molar-refractivity contribution is -0.117. The van der Waals surface area contributed by atoms with Crippen LogP contribution in [0.25, 0.3) is 11.1 Å². The summed E-state index contributed by atoms with van der Waals surface area (Å²) in [4.78, 5) is 30.1. The number of anilines is 2. The second-order valence-electron chi connectivity index (χ2n) is 12.6. The first kappa shape index (κ1) is 35.4.